The predicted octanol–water partition coefficient (Wildman–Crippen LogP) is 0.290. The molecule has 0 aromatic heterocycles. The minimum Gasteiger partial charge on any atom is -0.508 e. The number of aliphatic hydroxyl groups excluding tert-OH is 4. The van der Waals surface area contributed by atoms with E-state index in [1.807, 2.05) is 18.2 Å². The summed E-state index contributed by atoms with van der Waals surface area (Å²) < 4.78 is 16.9. The first-order chi connectivity index (χ1) is 14.0. The average Bonchev–Trinajstić information content (AvgIpc) is 2.74. The molecule has 5 N–H and O–H groups in total. The van der Waals surface area contributed by atoms with Gasteiger partial charge in [-0.05, 0) is 35.7 Å². The first-order valence-electron chi connectivity index (χ1n) is 9.48. The van der Waals surface area contributed by atoms with Crippen LogP contribution in [-0.4, -0.2) is 69.5 Å². The molecule has 1 fully saturated rings. The monoisotopic (exact) mass is 404 g/mol. The van der Waals surface area contributed by atoms with Crippen molar-refractivity contribution in [2.45, 2.75) is 43.0 Å². The van der Waals surface area contributed by atoms with Crippen molar-refractivity contribution < 1.29 is 39.7 Å². The molecule has 2 aromatic rings. The smallest absolute Gasteiger partial charge is 0.229 e. The Hall–Kier alpha value is -2.36. The SMILES string of the molecule is OC[C@H]1O[C@@H](Oc2ccc3c(c2)OCC(c2ccc(O)cc2)C3)[C@H](O)[C@@H](O)[C@@H]1O. The molecule has 0 aliphatic carbocycles. The number of hydrogen-bond acceptors (Lipinski definition) is 8. The minimum atomic E-state index is -1.49. The minimum absolute atomic E-state index is 0.167. The molecule has 156 valence electrons. The van der Waals surface area contributed by atoms with Crippen LogP contribution in [0.3, 0.4) is 0 Å². The zero-order valence-electron chi connectivity index (χ0n) is 15.6. The lowest BCUT2D eigenvalue weighted by Gasteiger charge is -2.39. The molecule has 0 saturated carbocycles. The number of aliphatic hydroxyl groups is 4. The van der Waals surface area contributed by atoms with E-state index in [1.165, 1.54) is 0 Å². The van der Waals surface area contributed by atoms with E-state index in [0.717, 1.165) is 17.5 Å². The molecule has 2 aliphatic heterocycles. The van der Waals surface area contributed by atoms with E-state index in [9.17, 15) is 25.5 Å². The van der Waals surface area contributed by atoms with Crippen LogP contribution in [0.1, 0.15) is 17.0 Å². The van der Waals surface area contributed by atoms with Gasteiger partial charge in [0.15, 0.2) is 0 Å². The molecular formula is C21H24O8. The Balaban J connectivity index is 1.46. The molecule has 0 bridgehead atoms. The van der Waals surface area contributed by atoms with Gasteiger partial charge in [-0.25, -0.2) is 0 Å². The van der Waals surface area contributed by atoms with Crippen LogP contribution in [0.25, 0.3) is 0 Å². The molecule has 8 nitrogen and oxygen atoms in total. The highest BCUT2D eigenvalue weighted by Gasteiger charge is 2.44. The number of ether oxygens (including phenoxy) is 3. The van der Waals surface area contributed by atoms with E-state index in [-0.39, 0.29) is 11.7 Å². The van der Waals surface area contributed by atoms with Gasteiger partial charge >= 0.3 is 0 Å². The Kier molecular flexibility index (Phi) is 5.62. The fourth-order valence-electron chi connectivity index (χ4n) is 3.69. The van der Waals surface area contributed by atoms with Crippen molar-refractivity contribution in [3.05, 3.63) is 53.6 Å². The van der Waals surface area contributed by atoms with Gasteiger partial charge in [0, 0.05) is 12.0 Å². The summed E-state index contributed by atoms with van der Waals surface area (Å²) in [4.78, 5) is 0. The average molecular weight is 404 g/mol. The third-order valence-corrected chi connectivity index (χ3v) is 5.41. The van der Waals surface area contributed by atoms with E-state index >= 15 is 0 Å². The molecular weight excluding hydrogens is 380 g/mol. The van der Waals surface area contributed by atoms with E-state index in [2.05, 4.69) is 0 Å². The molecule has 8 heteroatoms. The molecule has 2 heterocycles. The van der Waals surface area contributed by atoms with Gasteiger partial charge in [0.1, 0.15) is 41.7 Å². The highest BCUT2D eigenvalue weighted by molar-refractivity contribution is 5.44. The predicted molar refractivity (Wildman–Crippen MR) is 101 cm³/mol. The third-order valence-electron chi connectivity index (χ3n) is 5.41. The van der Waals surface area contributed by atoms with Crippen LogP contribution in [0.2, 0.25) is 0 Å². The Bertz CT molecular complexity index is 837. The van der Waals surface area contributed by atoms with E-state index in [4.69, 9.17) is 14.2 Å². The van der Waals surface area contributed by atoms with Gasteiger partial charge < -0.3 is 39.7 Å². The van der Waals surface area contributed by atoms with Crippen LogP contribution >= 0.6 is 0 Å². The summed E-state index contributed by atoms with van der Waals surface area (Å²) in [6.07, 6.45) is -5.90. The number of aromatic hydroxyl groups is 1. The molecule has 0 radical (unpaired) electrons. The number of rotatable bonds is 4. The summed E-state index contributed by atoms with van der Waals surface area (Å²) in [6, 6.07) is 12.3. The maximum absolute atomic E-state index is 10.1. The second kappa shape index (κ2) is 8.17. The summed E-state index contributed by atoms with van der Waals surface area (Å²) in [5, 5.41) is 48.6. The lowest BCUT2D eigenvalue weighted by molar-refractivity contribution is -0.277. The summed E-state index contributed by atoms with van der Waals surface area (Å²) >= 11 is 0. The molecule has 0 spiro atoms. The van der Waals surface area contributed by atoms with Crippen molar-refractivity contribution in [1.29, 1.82) is 0 Å². The number of fused-ring (bicyclic) bond motifs is 1. The second-order valence-electron chi connectivity index (χ2n) is 7.39. The molecule has 4 rings (SSSR count). The molecule has 2 aliphatic rings. The van der Waals surface area contributed by atoms with Crippen molar-refractivity contribution in [3.8, 4) is 17.2 Å². The standard InChI is InChI=1S/C21H24O8/c22-9-17-18(24)19(25)20(26)21(29-17)28-15-6-3-12-7-13(10-27-16(12)8-15)11-1-4-14(23)5-2-11/h1-6,8,13,17-26H,7,9-10H2/t13?,17-,18-,19+,20-,21-/m1/s1. The van der Waals surface area contributed by atoms with Crippen LogP contribution < -0.4 is 9.47 Å². The zero-order valence-corrected chi connectivity index (χ0v) is 15.6. The van der Waals surface area contributed by atoms with Gasteiger partial charge in [0.25, 0.3) is 0 Å². The summed E-state index contributed by atoms with van der Waals surface area (Å²) in [5.74, 6) is 1.42. The normalized spacial score (nSPS) is 31.6. The summed E-state index contributed by atoms with van der Waals surface area (Å²) in [7, 11) is 0. The quantitative estimate of drug-likeness (QED) is 0.492. The molecule has 6 atom stereocenters. The van der Waals surface area contributed by atoms with Crippen molar-refractivity contribution in [2.75, 3.05) is 13.2 Å². The highest BCUT2D eigenvalue weighted by Crippen LogP contribution is 2.36. The number of benzene rings is 2. The van der Waals surface area contributed by atoms with Crippen LogP contribution in [0, 0.1) is 0 Å². The fraction of sp³-hybridized carbons (Fsp3) is 0.429. The van der Waals surface area contributed by atoms with Crippen LogP contribution in [0.4, 0.5) is 0 Å². The van der Waals surface area contributed by atoms with Gasteiger partial charge in [0.2, 0.25) is 6.29 Å². The Morgan fingerprint density at radius 3 is 2.45 bits per heavy atom. The van der Waals surface area contributed by atoms with Crippen LogP contribution in [-0.2, 0) is 11.2 Å². The van der Waals surface area contributed by atoms with Crippen molar-refractivity contribution in [2.24, 2.45) is 0 Å². The Morgan fingerprint density at radius 2 is 1.72 bits per heavy atom. The first kappa shape index (κ1) is 19.9. The Labute approximate surface area is 167 Å². The number of hydrogen-bond donors (Lipinski definition) is 5. The molecule has 1 unspecified atom stereocenters. The molecule has 0 amide bonds. The van der Waals surface area contributed by atoms with Crippen molar-refractivity contribution in [3.63, 3.8) is 0 Å². The van der Waals surface area contributed by atoms with Gasteiger partial charge in [-0.2, -0.15) is 0 Å². The van der Waals surface area contributed by atoms with Gasteiger partial charge in [-0.3, -0.25) is 0 Å². The lowest BCUT2D eigenvalue weighted by atomic mass is 9.90. The van der Waals surface area contributed by atoms with Crippen molar-refractivity contribution in [1.82, 2.24) is 0 Å². The number of phenolic OH excluding ortho intramolecular Hbond substituents is 1. The first-order valence-corrected chi connectivity index (χ1v) is 9.48. The van der Waals surface area contributed by atoms with Crippen LogP contribution in [0.15, 0.2) is 42.5 Å². The molecule has 1 saturated heterocycles. The highest BCUT2D eigenvalue weighted by atomic mass is 16.7. The fourth-order valence-corrected chi connectivity index (χ4v) is 3.69. The van der Waals surface area contributed by atoms with E-state index in [1.54, 1.807) is 24.3 Å². The lowest BCUT2D eigenvalue weighted by Crippen LogP contribution is -2.60. The largest absolute Gasteiger partial charge is 0.508 e. The van der Waals surface area contributed by atoms with E-state index in [0.29, 0.717) is 18.1 Å². The maximum atomic E-state index is 10.1. The molecule has 29 heavy (non-hydrogen) atoms. The number of phenols is 1. The van der Waals surface area contributed by atoms with Gasteiger partial charge in [-0.15, -0.1) is 0 Å². The Morgan fingerprint density at radius 1 is 0.966 bits per heavy atom. The van der Waals surface area contributed by atoms with Gasteiger partial charge in [0.05, 0.1) is 13.2 Å². The topological polar surface area (TPSA) is 129 Å². The van der Waals surface area contributed by atoms with Gasteiger partial charge in [-0.1, -0.05) is 18.2 Å². The second-order valence-corrected chi connectivity index (χ2v) is 7.39. The van der Waals surface area contributed by atoms with Crippen LogP contribution in [0.5, 0.6) is 17.2 Å². The summed E-state index contributed by atoms with van der Waals surface area (Å²) in [5.41, 5.74) is 2.07. The third kappa shape index (κ3) is 4.03. The maximum Gasteiger partial charge on any atom is 0.229 e. The summed E-state index contributed by atoms with van der Waals surface area (Å²) in [6.45, 7) is -0.0436. The van der Waals surface area contributed by atoms with Crippen molar-refractivity contribution >= 4 is 0 Å². The van der Waals surface area contributed by atoms with E-state index < -0.39 is 37.3 Å². The zero-order chi connectivity index (χ0) is 20.5. The molecule has 2 aromatic carbocycles.